The Kier molecular flexibility index (Phi) is 10.3. The van der Waals surface area contributed by atoms with E-state index in [0.29, 0.717) is 34.2 Å². The van der Waals surface area contributed by atoms with Crippen LogP contribution in [0.25, 0.3) is 0 Å². The van der Waals surface area contributed by atoms with Crippen LogP contribution in [0.1, 0.15) is 129 Å². The predicted molar refractivity (Wildman–Crippen MR) is 164 cm³/mol. The van der Waals surface area contributed by atoms with Crippen LogP contribution in [0, 0.1) is 45.3 Å². The first-order chi connectivity index (χ1) is 16.0. The van der Waals surface area contributed by atoms with Gasteiger partial charge in [-0.3, -0.25) is 0 Å². The van der Waals surface area contributed by atoms with Crippen LogP contribution in [0.15, 0.2) is 0 Å². The Bertz CT molecular complexity index is 602. The van der Waals surface area contributed by atoms with Crippen molar-refractivity contribution in [2.45, 2.75) is 156 Å². The molecule has 2 saturated carbocycles. The molecule has 2 nitrogen and oxygen atoms in total. The Balaban J connectivity index is 2.28. The second kappa shape index (κ2) is 11.2. The van der Waals surface area contributed by atoms with Crippen molar-refractivity contribution >= 4 is 23.5 Å². The SMILES string of the molecule is CCC(C)(SC1CC(C(C)(C)C)C(O)C(C(C)(C)C)C1)SC1CC(C(C)(C)C)C(O)C(C(C)(C)C)C1. The summed E-state index contributed by atoms with van der Waals surface area (Å²) >= 11 is 4.42. The van der Waals surface area contributed by atoms with Crippen molar-refractivity contribution in [1.82, 2.24) is 0 Å². The molecule has 0 aromatic heterocycles. The molecular weight excluding hydrogens is 480 g/mol. The van der Waals surface area contributed by atoms with Crippen LogP contribution in [0.2, 0.25) is 0 Å². The van der Waals surface area contributed by atoms with E-state index < -0.39 is 0 Å². The minimum Gasteiger partial charge on any atom is -0.393 e. The van der Waals surface area contributed by atoms with E-state index in [4.69, 9.17) is 0 Å². The van der Waals surface area contributed by atoms with Crippen LogP contribution in [0.3, 0.4) is 0 Å². The molecule has 2 aliphatic rings. The lowest BCUT2D eigenvalue weighted by Gasteiger charge is -2.52. The topological polar surface area (TPSA) is 40.5 Å². The zero-order valence-electron chi connectivity index (χ0n) is 26.4. The highest BCUT2D eigenvalue weighted by molar-refractivity contribution is 8.18. The molecule has 2 N–H and O–H groups in total. The second-order valence-corrected chi connectivity index (χ2v) is 20.6. The number of aliphatic hydroxyl groups excluding tert-OH is 2. The van der Waals surface area contributed by atoms with Crippen LogP contribution in [-0.2, 0) is 0 Å². The average molecular weight is 543 g/mol. The Morgan fingerprint density at radius 1 is 0.500 bits per heavy atom. The molecule has 4 heteroatoms. The van der Waals surface area contributed by atoms with E-state index in [2.05, 4.69) is 120 Å². The molecule has 0 aliphatic heterocycles. The zero-order valence-corrected chi connectivity index (χ0v) is 28.0. The van der Waals surface area contributed by atoms with E-state index in [0.717, 1.165) is 32.1 Å². The Hall–Kier alpha value is 0.620. The van der Waals surface area contributed by atoms with Gasteiger partial charge < -0.3 is 10.2 Å². The van der Waals surface area contributed by atoms with Gasteiger partial charge in [0.05, 0.1) is 16.3 Å². The third kappa shape index (κ3) is 8.07. The number of rotatable bonds is 5. The van der Waals surface area contributed by atoms with Crippen molar-refractivity contribution < 1.29 is 10.2 Å². The molecule has 2 fully saturated rings. The molecule has 0 aromatic carbocycles. The van der Waals surface area contributed by atoms with Crippen LogP contribution in [0.4, 0.5) is 0 Å². The van der Waals surface area contributed by atoms with Gasteiger partial charge in [0.1, 0.15) is 0 Å². The summed E-state index contributed by atoms with van der Waals surface area (Å²) in [6.07, 6.45) is 5.13. The highest BCUT2D eigenvalue weighted by atomic mass is 32.2. The fourth-order valence-electron chi connectivity index (χ4n) is 7.00. The molecule has 0 bridgehead atoms. The molecule has 4 unspecified atom stereocenters. The van der Waals surface area contributed by atoms with E-state index in [-0.39, 0.29) is 37.9 Å². The summed E-state index contributed by atoms with van der Waals surface area (Å²) in [6, 6.07) is 0. The van der Waals surface area contributed by atoms with Gasteiger partial charge in [-0.15, -0.1) is 23.5 Å². The molecule has 0 heterocycles. The quantitative estimate of drug-likeness (QED) is 0.340. The van der Waals surface area contributed by atoms with Crippen LogP contribution < -0.4 is 0 Å². The van der Waals surface area contributed by atoms with Crippen molar-refractivity contribution in [3.05, 3.63) is 0 Å². The van der Waals surface area contributed by atoms with E-state index >= 15 is 0 Å². The third-order valence-electron chi connectivity index (χ3n) is 9.64. The lowest BCUT2D eigenvalue weighted by atomic mass is 9.61. The Labute approximate surface area is 234 Å². The van der Waals surface area contributed by atoms with Crippen LogP contribution in [0.5, 0.6) is 0 Å². The van der Waals surface area contributed by atoms with Crippen molar-refractivity contribution in [3.63, 3.8) is 0 Å². The molecule has 2 aliphatic carbocycles. The van der Waals surface area contributed by atoms with Crippen LogP contribution in [-0.4, -0.2) is 37.0 Å². The second-order valence-electron chi connectivity index (χ2n) is 16.8. The number of thioether (sulfide) groups is 2. The molecule has 36 heavy (non-hydrogen) atoms. The monoisotopic (exact) mass is 542 g/mol. The molecule has 0 saturated heterocycles. The third-order valence-corrected chi connectivity index (χ3v) is 13.2. The van der Waals surface area contributed by atoms with Gasteiger partial charge in [-0.2, -0.15) is 0 Å². The summed E-state index contributed by atoms with van der Waals surface area (Å²) in [4.78, 5) is 0. The van der Waals surface area contributed by atoms with Crippen LogP contribution >= 0.6 is 23.5 Å². The molecule has 0 aromatic rings. The fourth-order valence-corrected chi connectivity index (χ4v) is 11.0. The van der Waals surface area contributed by atoms with Gasteiger partial charge in [-0.25, -0.2) is 0 Å². The Morgan fingerprint density at radius 3 is 0.889 bits per heavy atom. The summed E-state index contributed by atoms with van der Waals surface area (Å²) < 4.78 is 0.148. The molecule has 0 radical (unpaired) electrons. The lowest BCUT2D eigenvalue weighted by Crippen LogP contribution is -2.49. The minimum atomic E-state index is -0.220. The van der Waals surface area contributed by atoms with Crippen molar-refractivity contribution in [1.29, 1.82) is 0 Å². The van der Waals surface area contributed by atoms with E-state index in [1.165, 1.54) is 0 Å². The van der Waals surface area contributed by atoms with Gasteiger partial charge in [-0.05, 0) is 84.4 Å². The van der Waals surface area contributed by atoms with Gasteiger partial charge in [0, 0.05) is 10.5 Å². The summed E-state index contributed by atoms with van der Waals surface area (Å²) in [6.45, 7) is 32.6. The van der Waals surface area contributed by atoms with Gasteiger partial charge in [0.15, 0.2) is 0 Å². The summed E-state index contributed by atoms with van der Waals surface area (Å²) in [5, 5.41) is 24.0. The van der Waals surface area contributed by atoms with Gasteiger partial charge in [0.25, 0.3) is 0 Å². The number of aliphatic hydroxyl groups is 2. The first-order valence-electron chi connectivity index (χ1n) is 14.7. The first-order valence-corrected chi connectivity index (χ1v) is 16.5. The van der Waals surface area contributed by atoms with E-state index in [1.54, 1.807) is 0 Å². The summed E-state index contributed by atoms with van der Waals surface area (Å²) in [5.41, 5.74) is 0.434. The maximum absolute atomic E-state index is 11.4. The minimum absolute atomic E-state index is 0.108. The maximum atomic E-state index is 11.4. The normalized spacial score (nSPS) is 37.0. The van der Waals surface area contributed by atoms with Crippen molar-refractivity contribution in [2.75, 3.05) is 0 Å². The van der Waals surface area contributed by atoms with Crippen molar-refractivity contribution in [2.24, 2.45) is 45.3 Å². The molecule has 214 valence electrons. The highest BCUT2D eigenvalue weighted by Crippen LogP contribution is 2.57. The van der Waals surface area contributed by atoms with Crippen molar-refractivity contribution in [3.8, 4) is 0 Å². The highest BCUT2D eigenvalue weighted by Gasteiger charge is 2.50. The van der Waals surface area contributed by atoms with Gasteiger partial charge >= 0.3 is 0 Å². The standard InChI is InChI=1S/C32H62O2S2/c1-15-32(14,35-20-16-22(28(2,3)4)26(33)23(17-20)29(5,6)7)36-21-18-24(30(8,9)10)27(34)25(19-21)31(11,12)13/h20-27,33-34H,15-19H2,1-14H3. The number of hydrogen-bond acceptors (Lipinski definition) is 4. The molecule has 2 rings (SSSR count). The maximum Gasteiger partial charge on any atom is 0.0607 e. The molecule has 0 spiro atoms. The summed E-state index contributed by atoms with van der Waals surface area (Å²) in [5.74, 6) is 1.33. The molecule has 0 amide bonds. The van der Waals surface area contributed by atoms with E-state index in [1.807, 2.05) is 0 Å². The lowest BCUT2D eigenvalue weighted by molar-refractivity contribution is -0.0641. The smallest absolute Gasteiger partial charge is 0.0607 e. The van der Waals surface area contributed by atoms with Gasteiger partial charge in [0.2, 0.25) is 0 Å². The number of hydrogen-bond donors (Lipinski definition) is 2. The zero-order chi connectivity index (χ0) is 28.1. The van der Waals surface area contributed by atoms with E-state index in [9.17, 15) is 10.2 Å². The average Bonchev–Trinajstić information content (AvgIpc) is 2.67. The fraction of sp³-hybridized carbons (Fsp3) is 1.00. The molecular formula is C32H62O2S2. The molecule has 4 atom stereocenters. The first kappa shape index (κ1) is 32.8. The Morgan fingerprint density at radius 2 is 0.722 bits per heavy atom. The largest absolute Gasteiger partial charge is 0.393 e. The predicted octanol–water partition coefficient (Wildman–Crippen LogP) is 9.27. The van der Waals surface area contributed by atoms with Gasteiger partial charge in [-0.1, -0.05) is 90.0 Å². The summed E-state index contributed by atoms with van der Waals surface area (Å²) in [7, 11) is 0.